The molecule has 7 nitrogen and oxygen atoms in total. The number of nitrogens with zero attached hydrogens (tertiary/aromatic N) is 5. The molecule has 1 aliphatic rings. The Labute approximate surface area is 148 Å². The van der Waals surface area contributed by atoms with Gasteiger partial charge in [0.2, 0.25) is 11.9 Å². The van der Waals surface area contributed by atoms with Gasteiger partial charge in [0.1, 0.15) is 0 Å². The molecule has 1 atom stereocenters. The van der Waals surface area contributed by atoms with Crippen LogP contribution in [-0.4, -0.2) is 58.5 Å². The highest BCUT2D eigenvalue weighted by atomic mass is 16.2. The first-order chi connectivity index (χ1) is 12.1. The molecule has 2 aromatic heterocycles. The van der Waals surface area contributed by atoms with Crippen molar-refractivity contribution in [2.24, 2.45) is 0 Å². The third-order valence-electron chi connectivity index (χ3n) is 4.41. The molecule has 3 rings (SSSR count). The zero-order chi connectivity index (χ0) is 17.6. The van der Waals surface area contributed by atoms with Gasteiger partial charge in [-0.1, -0.05) is 6.07 Å². The van der Waals surface area contributed by atoms with Gasteiger partial charge in [0.25, 0.3) is 0 Å². The quantitative estimate of drug-likeness (QED) is 0.881. The summed E-state index contributed by atoms with van der Waals surface area (Å²) in [6.07, 6.45) is 5.27. The summed E-state index contributed by atoms with van der Waals surface area (Å²) >= 11 is 0. The lowest BCUT2D eigenvalue weighted by Gasteiger charge is -2.34. The molecule has 1 fully saturated rings. The van der Waals surface area contributed by atoms with E-state index in [0.29, 0.717) is 6.54 Å². The van der Waals surface area contributed by atoms with Crippen LogP contribution in [0.3, 0.4) is 0 Å². The van der Waals surface area contributed by atoms with Gasteiger partial charge in [0, 0.05) is 44.8 Å². The van der Waals surface area contributed by atoms with Gasteiger partial charge in [-0.2, -0.15) is 0 Å². The topological polar surface area (TPSA) is 74.2 Å². The Morgan fingerprint density at radius 1 is 1.12 bits per heavy atom. The lowest BCUT2D eigenvalue weighted by atomic mass is 10.1. The maximum atomic E-state index is 12.3. The molecule has 0 spiro atoms. The number of hydrogen-bond acceptors (Lipinski definition) is 6. The van der Waals surface area contributed by atoms with Gasteiger partial charge in [-0.05, 0) is 31.5 Å². The Balaban J connectivity index is 1.47. The van der Waals surface area contributed by atoms with Crippen LogP contribution < -0.4 is 10.2 Å². The lowest BCUT2D eigenvalue weighted by Crippen LogP contribution is -2.50. The minimum Gasteiger partial charge on any atom is -0.347 e. The molecular weight excluding hydrogens is 316 g/mol. The van der Waals surface area contributed by atoms with Crippen LogP contribution in [0.1, 0.15) is 24.2 Å². The van der Waals surface area contributed by atoms with Crippen molar-refractivity contribution < 1.29 is 4.79 Å². The van der Waals surface area contributed by atoms with E-state index in [0.717, 1.165) is 43.4 Å². The van der Waals surface area contributed by atoms with Gasteiger partial charge in [-0.25, -0.2) is 9.97 Å². The summed E-state index contributed by atoms with van der Waals surface area (Å²) in [5, 5.41) is 3.05. The standard InChI is InChI=1S/C18H24N6O/c1-14-5-3-6-19-17(14)15(2)22-16(25)13-23-9-11-24(12-10-23)18-20-7-4-8-21-18/h3-8,15H,9-13H2,1-2H3,(H,22,25)/t15-/m0/s1. The number of carbonyl (C=O) groups excluding carboxylic acids is 1. The number of hydrogen-bond donors (Lipinski definition) is 1. The van der Waals surface area contributed by atoms with Crippen LogP contribution in [0.5, 0.6) is 0 Å². The maximum Gasteiger partial charge on any atom is 0.234 e. The minimum absolute atomic E-state index is 0.0296. The Hall–Kier alpha value is -2.54. The first kappa shape index (κ1) is 17.3. The Morgan fingerprint density at radius 2 is 1.80 bits per heavy atom. The summed E-state index contributed by atoms with van der Waals surface area (Å²) in [6, 6.07) is 5.64. The number of aromatic nitrogens is 3. The number of anilines is 1. The highest BCUT2D eigenvalue weighted by Crippen LogP contribution is 2.14. The van der Waals surface area contributed by atoms with Crippen LogP contribution in [0, 0.1) is 6.92 Å². The van der Waals surface area contributed by atoms with Crippen molar-refractivity contribution in [3.63, 3.8) is 0 Å². The van der Waals surface area contributed by atoms with Crippen molar-refractivity contribution in [2.75, 3.05) is 37.6 Å². The molecule has 0 aliphatic carbocycles. The third kappa shape index (κ3) is 4.51. The average molecular weight is 340 g/mol. The van der Waals surface area contributed by atoms with E-state index in [1.807, 2.05) is 32.0 Å². The molecule has 132 valence electrons. The van der Waals surface area contributed by atoms with Gasteiger partial charge >= 0.3 is 0 Å². The molecule has 7 heteroatoms. The second-order valence-corrected chi connectivity index (χ2v) is 6.31. The summed E-state index contributed by atoms with van der Waals surface area (Å²) < 4.78 is 0. The third-order valence-corrected chi connectivity index (χ3v) is 4.41. The predicted octanol–water partition coefficient (Wildman–Crippen LogP) is 1.18. The maximum absolute atomic E-state index is 12.3. The van der Waals surface area contributed by atoms with Crippen molar-refractivity contribution in [2.45, 2.75) is 19.9 Å². The Kier molecular flexibility index (Phi) is 5.55. The van der Waals surface area contributed by atoms with Crippen LogP contribution in [0.15, 0.2) is 36.8 Å². The summed E-state index contributed by atoms with van der Waals surface area (Å²) in [4.78, 5) is 29.6. The number of aryl methyl sites for hydroxylation is 1. The molecule has 0 bridgehead atoms. The molecular formula is C18H24N6O. The largest absolute Gasteiger partial charge is 0.347 e. The van der Waals surface area contributed by atoms with E-state index in [9.17, 15) is 4.79 Å². The fourth-order valence-electron chi connectivity index (χ4n) is 3.07. The SMILES string of the molecule is Cc1cccnc1[C@H](C)NC(=O)CN1CCN(c2ncccn2)CC1. The predicted molar refractivity (Wildman–Crippen MR) is 96.2 cm³/mol. The fourth-order valence-corrected chi connectivity index (χ4v) is 3.07. The van der Waals surface area contributed by atoms with Gasteiger partial charge < -0.3 is 10.2 Å². The van der Waals surface area contributed by atoms with Gasteiger partial charge in [0.05, 0.1) is 18.3 Å². The number of carbonyl (C=O) groups is 1. The molecule has 2 aromatic rings. The number of piperazine rings is 1. The lowest BCUT2D eigenvalue weighted by molar-refractivity contribution is -0.123. The number of nitrogens with one attached hydrogen (secondary N) is 1. The summed E-state index contributed by atoms with van der Waals surface area (Å²) in [6.45, 7) is 7.68. The van der Waals surface area contributed by atoms with Crippen LogP contribution in [-0.2, 0) is 4.79 Å². The zero-order valence-electron chi connectivity index (χ0n) is 14.7. The average Bonchev–Trinajstić information content (AvgIpc) is 2.63. The van der Waals surface area contributed by atoms with Crippen molar-refractivity contribution >= 4 is 11.9 Å². The van der Waals surface area contributed by atoms with E-state index in [4.69, 9.17) is 0 Å². The van der Waals surface area contributed by atoms with E-state index in [2.05, 4.69) is 30.1 Å². The van der Waals surface area contributed by atoms with Crippen molar-refractivity contribution in [1.29, 1.82) is 0 Å². The van der Waals surface area contributed by atoms with E-state index < -0.39 is 0 Å². The van der Waals surface area contributed by atoms with E-state index in [-0.39, 0.29) is 11.9 Å². The second kappa shape index (κ2) is 8.02. The van der Waals surface area contributed by atoms with Crippen LogP contribution >= 0.6 is 0 Å². The molecule has 1 aliphatic heterocycles. The monoisotopic (exact) mass is 340 g/mol. The summed E-state index contributed by atoms with van der Waals surface area (Å²) in [5.74, 6) is 0.785. The number of rotatable bonds is 5. The normalized spacial score (nSPS) is 16.5. The number of pyridine rings is 1. The van der Waals surface area contributed by atoms with Crippen LogP contribution in [0.2, 0.25) is 0 Å². The Bertz CT molecular complexity index is 700. The van der Waals surface area contributed by atoms with Crippen LogP contribution in [0.4, 0.5) is 5.95 Å². The second-order valence-electron chi connectivity index (χ2n) is 6.31. The van der Waals surface area contributed by atoms with E-state index in [1.54, 1.807) is 18.6 Å². The highest BCUT2D eigenvalue weighted by molar-refractivity contribution is 5.78. The molecule has 0 unspecified atom stereocenters. The van der Waals surface area contributed by atoms with E-state index in [1.165, 1.54) is 0 Å². The first-order valence-corrected chi connectivity index (χ1v) is 8.58. The first-order valence-electron chi connectivity index (χ1n) is 8.58. The molecule has 1 saturated heterocycles. The molecule has 0 saturated carbocycles. The molecule has 0 radical (unpaired) electrons. The summed E-state index contributed by atoms with van der Waals surface area (Å²) in [7, 11) is 0. The Morgan fingerprint density at radius 3 is 2.48 bits per heavy atom. The minimum atomic E-state index is -0.0901. The van der Waals surface area contributed by atoms with Crippen molar-refractivity contribution in [3.05, 3.63) is 48.0 Å². The fraction of sp³-hybridized carbons (Fsp3) is 0.444. The van der Waals surface area contributed by atoms with Gasteiger partial charge in [0.15, 0.2) is 0 Å². The summed E-state index contributed by atoms with van der Waals surface area (Å²) in [5.41, 5.74) is 2.01. The van der Waals surface area contributed by atoms with Crippen molar-refractivity contribution in [1.82, 2.24) is 25.2 Å². The van der Waals surface area contributed by atoms with E-state index >= 15 is 0 Å². The molecule has 1 N–H and O–H groups in total. The van der Waals surface area contributed by atoms with Gasteiger partial charge in [-0.3, -0.25) is 14.7 Å². The highest BCUT2D eigenvalue weighted by Gasteiger charge is 2.21. The van der Waals surface area contributed by atoms with Crippen molar-refractivity contribution in [3.8, 4) is 0 Å². The molecule has 0 aromatic carbocycles. The molecule has 1 amide bonds. The van der Waals surface area contributed by atoms with Crippen LogP contribution in [0.25, 0.3) is 0 Å². The number of amides is 1. The molecule has 3 heterocycles. The smallest absolute Gasteiger partial charge is 0.234 e. The molecule has 25 heavy (non-hydrogen) atoms. The zero-order valence-corrected chi connectivity index (χ0v) is 14.7. The van der Waals surface area contributed by atoms with Gasteiger partial charge in [-0.15, -0.1) is 0 Å².